The highest BCUT2D eigenvalue weighted by Crippen LogP contribution is 2.46. The van der Waals surface area contributed by atoms with Gasteiger partial charge in [0.15, 0.2) is 15.6 Å². The van der Waals surface area contributed by atoms with Crippen LogP contribution in [0.1, 0.15) is 48.4 Å². The van der Waals surface area contributed by atoms with Gasteiger partial charge in [0.1, 0.15) is 0 Å². The quantitative estimate of drug-likeness (QED) is 0.574. The number of ketones is 1. The van der Waals surface area contributed by atoms with Gasteiger partial charge in [-0.2, -0.15) is 18.4 Å². The van der Waals surface area contributed by atoms with E-state index < -0.39 is 33.6 Å². The van der Waals surface area contributed by atoms with Gasteiger partial charge in [0, 0.05) is 37.1 Å². The van der Waals surface area contributed by atoms with Gasteiger partial charge in [0.05, 0.1) is 33.8 Å². The van der Waals surface area contributed by atoms with Crippen molar-refractivity contribution in [2.45, 2.75) is 42.8 Å². The molecule has 0 spiro atoms. The molecule has 0 fully saturated rings. The maximum Gasteiger partial charge on any atom is 0.416 e. The molecule has 0 bridgehead atoms. The van der Waals surface area contributed by atoms with Gasteiger partial charge >= 0.3 is 12.2 Å². The summed E-state index contributed by atoms with van der Waals surface area (Å²) in [6, 6.07) is 8.10. The van der Waals surface area contributed by atoms with Crippen molar-refractivity contribution in [2.24, 2.45) is 0 Å². The number of nitriles is 1. The van der Waals surface area contributed by atoms with Crippen LogP contribution >= 0.6 is 0 Å². The Balaban J connectivity index is 2.02. The Bertz CT molecular complexity index is 1480. The number of rotatable bonds is 6. The summed E-state index contributed by atoms with van der Waals surface area (Å²) >= 11 is 0. The molecule has 1 aliphatic carbocycles. The SMILES string of the molecule is CS(=O)(=O)c1cc(C#N)ccc1C1C2=C(CCCC2=O)N(c2cccc(C(F)(F)F)c2)C(=O)N1CCCO. The number of carbonyl (C=O) groups is 2. The summed E-state index contributed by atoms with van der Waals surface area (Å²) in [5, 5.41) is 18.8. The van der Waals surface area contributed by atoms with Crippen molar-refractivity contribution in [1.29, 1.82) is 5.26 Å². The molecule has 0 saturated carbocycles. The van der Waals surface area contributed by atoms with Crippen LogP contribution in [-0.4, -0.2) is 49.6 Å². The molecule has 2 aromatic rings. The minimum absolute atomic E-state index is 0.0629. The van der Waals surface area contributed by atoms with Gasteiger partial charge in [-0.15, -0.1) is 0 Å². The van der Waals surface area contributed by atoms with Crippen molar-refractivity contribution in [3.05, 3.63) is 70.4 Å². The topological polar surface area (TPSA) is 119 Å². The Morgan fingerprint density at radius 3 is 2.50 bits per heavy atom. The number of halogens is 3. The number of hydrogen-bond donors (Lipinski definition) is 1. The van der Waals surface area contributed by atoms with E-state index in [1.165, 1.54) is 35.2 Å². The molecule has 12 heteroatoms. The monoisotopic (exact) mass is 547 g/mol. The highest BCUT2D eigenvalue weighted by Gasteiger charge is 2.46. The molecule has 38 heavy (non-hydrogen) atoms. The number of sulfone groups is 1. The Morgan fingerprint density at radius 1 is 1.13 bits per heavy atom. The van der Waals surface area contributed by atoms with Crippen LogP contribution in [-0.2, 0) is 20.8 Å². The van der Waals surface area contributed by atoms with Crippen molar-refractivity contribution in [3.8, 4) is 6.07 Å². The van der Waals surface area contributed by atoms with Crippen LogP contribution in [0.5, 0.6) is 0 Å². The van der Waals surface area contributed by atoms with E-state index in [1.807, 2.05) is 6.07 Å². The minimum Gasteiger partial charge on any atom is -0.396 e. The number of Topliss-reactive ketones (excluding diaryl/α,β-unsaturated/α-hetero) is 1. The lowest BCUT2D eigenvalue weighted by Gasteiger charge is -2.45. The van der Waals surface area contributed by atoms with E-state index in [0.717, 1.165) is 23.3 Å². The number of hydrogen-bond acceptors (Lipinski definition) is 6. The third-order valence-corrected chi connectivity index (χ3v) is 7.70. The van der Waals surface area contributed by atoms with Crippen molar-refractivity contribution in [2.75, 3.05) is 24.3 Å². The van der Waals surface area contributed by atoms with Crippen LogP contribution < -0.4 is 4.90 Å². The molecule has 1 N–H and O–H groups in total. The summed E-state index contributed by atoms with van der Waals surface area (Å²) in [5.74, 6) is -0.362. The summed E-state index contributed by atoms with van der Waals surface area (Å²) in [6.45, 7) is -0.436. The predicted molar refractivity (Wildman–Crippen MR) is 131 cm³/mol. The van der Waals surface area contributed by atoms with Crippen molar-refractivity contribution in [3.63, 3.8) is 0 Å². The number of aliphatic hydroxyl groups is 1. The third kappa shape index (κ3) is 5.04. The number of nitrogens with zero attached hydrogens (tertiary/aromatic N) is 3. The molecule has 1 heterocycles. The van der Waals surface area contributed by atoms with E-state index in [2.05, 4.69) is 0 Å². The molecular formula is C26H24F3N3O5S. The maximum atomic E-state index is 14.0. The molecule has 4 rings (SSSR count). The first-order valence-electron chi connectivity index (χ1n) is 11.8. The smallest absolute Gasteiger partial charge is 0.396 e. The Morgan fingerprint density at radius 2 is 1.87 bits per heavy atom. The van der Waals surface area contributed by atoms with E-state index in [9.17, 15) is 41.5 Å². The number of alkyl halides is 3. The molecule has 1 unspecified atom stereocenters. The highest BCUT2D eigenvalue weighted by molar-refractivity contribution is 7.90. The molecule has 1 aliphatic heterocycles. The standard InChI is InChI=1S/C26H24F3N3O5S/c1-38(36,37)22-13-16(15-30)9-10-19(22)24-23-20(7-3-8-21(23)34)32(25(35)31(24)11-4-12-33)18-6-2-5-17(14-18)26(27,28)29/h2,5-6,9-10,13-14,24,33H,3-4,7-8,11-12H2,1H3. The number of urea groups is 1. The zero-order valence-corrected chi connectivity index (χ0v) is 21.1. The van der Waals surface area contributed by atoms with Gasteiger partial charge in [0.2, 0.25) is 0 Å². The van der Waals surface area contributed by atoms with E-state index in [-0.39, 0.29) is 71.2 Å². The summed E-state index contributed by atoms with van der Waals surface area (Å²) < 4.78 is 66.0. The summed E-state index contributed by atoms with van der Waals surface area (Å²) in [7, 11) is -3.93. The average Bonchev–Trinajstić information content (AvgIpc) is 2.86. The molecule has 0 saturated heterocycles. The van der Waals surface area contributed by atoms with Crippen LogP contribution in [0.25, 0.3) is 0 Å². The Kier molecular flexibility index (Phi) is 7.36. The predicted octanol–water partition coefficient (Wildman–Crippen LogP) is 4.35. The number of aliphatic hydroxyl groups excluding tert-OH is 1. The van der Waals surface area contributed by atoms with Gasteiger partial charge in [-0.1, -0.05) is 12.1 Å². The molecule has 8 nitrogen and oxygen atoms in total. The van der Waals surface area contributed by atoms with Gasteiger partial charge in [-0.05, 0) is 55.2 Å². The summed E-state index contributed by atoms with van der Waals surface area (Å²) in [6.07, 6.45) is -2.98. The molecule has 0 aromatic heterocycles. The first-order chi connectivity index (χ1) is 17.9. The van der Waals surface area contributed by atoms with Crippen LogP contribution in [0.4, 0.5) is 23.7 Å². The van der Waals surface area contributed by atoms with E-state index in [0.29, 0.717) is 6.42 Å². The molecular weight excluding hydrogens is 523 g/mol. The number of amides is 2. The second-order valence-corrected chi connectivity index (χ2v) is 11.1. The zero-order valence-electron chi connectivity index (χ0n) is 20.3. The lowest BCUT2D eigenvalue weighted by Crippen LogP contribution is -2.52. The summed E-state index contributed by atoms with van der Waals surface area (Å²) in [5.41, 5.74) is -0.567. The largest absolute Gasteiger partial charge is 0.416 e. The fourth-order valence-electron chi connectivity index (χ4n) is 4.93. The zero-order chi connectivity index (χ0) is 27.8. The Hall–Kier alpha value is -3.69. The van der Waals surface area contributed by atoms with Gasteiger partial charge < -0.3 is 10.0 Å². The molecule has 2 amide bonds. The molecule has 0 radical (unpaired) electrons. The number of allylic oxidation sites excluding steroid dienone is 1. The van der Waals surface area contributed by atoms with Crippen LogP contribution in [0.3, 0.4) is 0 Å². The Labute approximate surface area is 217 Å². The second-order valence-electron chi connectivity index (χ2n) is 9.11. The van der Waals surface area contributed by atoms with Crippen molar-refractivity contribution >= 4 is 27.3 Å². The lowest BCUT2D eigenvalue weighted by molar-refractivity contribution is -0.137. The number of benzene rings is 2. The normalized spacial score (nSPS) is 18.5. The van der Waals surface area contributed by atoms with Crippen LogP contribution in [0.15, 0.2) is 58.6 Å². The second kappa shape index (κ2) is 10.2. The van der Waals surface area contributed by atoms with Gasteiger partial charge in [-0.25, -0.2) is 13.2 Å². The van der Waals surface area contributed by atoms with Crippen molar-refractivity contribution in [1.82, 2.24) is 4.90 Å². The van der Waals surface area contributed by atoms with E-state index in [4.69, 9.17) is 0 Å². The lowest BCUT2D eigenvalue weighted by atomic mass is 9.83. The number of anilines is 1. The fraction of sp³-hybridized carbons (Fsp3) is 0.346. The molecule has 200 valence electrons. The van der Waals surface area contributed by atoms with E-state index >= 15 is 0 Å². The average molecular weight is 548 g/mol. The van der Waals surface area contributed by atoms with Gasteiger partial charge in [0.25, 0.3) is 0 Å². The number of carbonyl (C=O) groups excluding carboxylic acids is 2. The fourth-order valence-corrected chi connectivity index (χ4v) is 5.88. The maximum absolute atomic E-state index is 14.0. The highest BCUT2D eigenvalue weighted by atomic mass is 32.2. The van der Waals surface area contributed by atoms with E-state index in [1.54, 1.807) is 0 Å². The molecule has 2 aromatic carbocycles. The first-order valence-corrected chi connectivity index (χ1v) is 13.7. The van der Waals surface area contributed by atoms with Crippen LogP contribution in [0.2, 0.25) is 0 Å². The molecule has 2 aliphatic rings. The summed E-state index contributed by atoms with van der Waals surface area (Å²) in [4.78, 5) is 29.4. The van der Waals surface area contributed by atoms with Crippen molar-refractivity contribution < 1.29 is 36.3 Å². The third-order valence-electron chi connectivity index (χ3n) is 6.55. The van der Waals surface area contributed by atoms with Crippen LogP contribution in [0, 0.1) is 11.3 Å². The first kappa shape index (κ1) is 27.3. The molecule has 1 atom stereocenters. The van der Waals surface area contributed by atoms with Gasteiger partial charge in [-0.3, -0.25) is 9.69 Å². The minimum atomic E-state index is -4.67.